The summed E-state index contributed by atoms with van der Waals surface area (Å²) in [6.07, 6.45) is 5.00. The van der Waals surface area contributed by atoms with Crippen LogP contribution in [0.2, 0.25) is 0 Å². The van der Waals surface area contributed by atoms with Crippen molar-refractivity contribution in [2.24, 2.45) is 10.3 Å². The molecule has 2 fully saturated rings. The van der Waals surface area contributed by atoms with Crippen LogP contribution in [0, 0.1) is 17.2 Å². The molecule has 3 aromatic rings. The van der Waals surface area contributed by atoms with Gasteiger partial charge in [-0.1, -0.05) is 13.8 Å². The fraction of sp³-hybridized carbons (Fsp3) is 0.538. The van der Waals surface area contributed by atoms with Crippen LogP contribution in [0.15, 0.2) is 35.1 Å². The molecular weight excluding hydrogens is 504 g/mol. The molecule has 0 bridgehead atoms. The second kappa shape index (κ2) is 11.6. The van der Waals surface area contributed by atoms with Crippen molar-refractivity contribution in [2.45, 2.75) is 13.8 Å². The summed E-state index contributed by atoms with van der Waals surface area (Å²) in [7, 11) is -2.14. The van der Waals surface area contributed by atoms with E-state index in [4.69, 9.17) is 19.4 Å². The van der Waals surface area contributed by atoms with Crippen LogP contribution in [-0.4, -0.2) is 99.3 Å². The molecule has 0 atom stereocenters. The summed E-state index contributed by atoms with van der Waals surface area (Å²) in [5, 5.41) is 14.0. The van der Waals surface area contributed by atoms with Gasteiger partial charge in [0.1, 0.15) is 35.3 Å². The quantitative estimate of drug-likeness (QED) is 0.425. The second-order valence-electron chi connectivity index (χ2n) is 9.97. The number of hydrogen-bond acceptors (Lipinski definition) is 10. The third kappa shape index (κ3) is 6.06. The number of nitrogens with zero attached hydrogens (tertiary/aromatic N) is 8. The average Bonchev–Trinajstić information content (AvgIpc) is 3.36. The number of pyridine rings is 1. The second-order valence-corrected chi connectivity index (χ2v) is 12.6. The monoisotopic (exact) mass is 538 g/mol. The SMILES string of the molecule is CC(C)CN=S1(=O)CCN(c2ccc(-c3nc(OCCN4CCOCC4)cn4ncc(C#N)c34)cn2)CC1. The Hall–Kier alpha value is -3.27. The molecule has 5 heterocycles. The van der Waals surface area contributed by atoms with Crippen molar-refractivity contribution in [1.29, 1.82) is 5.26 Å². The van der Waals surface area contributed by atoms with E-state index in [9.17, 15) is 9.47 Å². The lowest BCUT2D eigenvalue weighted by Gasteiger charge is -2.30. The number of aromatic nitrogens is 4. The van der Waals surface area contributed by atoms with Gasteiger partial charge in [0.05, 0.1) is 41.9 Å². The van der Waals surface area contributed by atoms with E-state index in [-0.39, 0.29) is 0 Å². The maximum atomic E-state index is 13.0. The summed E-state index contributed by atoms with van der Waals surface area (Å²) in [6.45, 7) is 10.7. The van der Waals surface area contributed by atoms with E-state index in [0.717, 1.165) is 44.2 Å². The van der Waals surface area contributed by atoms with Crippen LogP contribution in [-0.2, 0) is 14.5 Å². The summed E-state index contributed by atoms with van der Waals surface area (Å²) in [5.41, 5.74) is 2.41. The van der Waals surface area contributed by atoms with E-state index in [2.05, 4.69) is 39.2 Å². The minimum atomic E-state index is -2.14. The minimum absolute atomic E-state index is 0.409. The zero-order valence-corrected chi connectivity index (χ0v) is 22.8. The van der Waals surface area contributed by atoms with Crippen LogP contribution in [0.4, 0.5) is 5.82 Å². The lowest BCUT2D eigenvalue weighted by Crippen LogP contribution is -2.40. The predicted octanol–water partition coefficient (Wildman–Crippen LogP) is 2.32. The van der Waals surface area contributed by atoms with E-state index in [1.54, 1.807) is 16.9 Å². The van der Waals surface area contributed by atoms with Crippen molar-refractivity contribution >= 4 is 21.1 Å². The third-order valence-corrected chi connectivity index (χ3v) is 9.00. The molecule has 0 aromatic carbocycles. The number of morpholine rings is 1. The largest absolute Gasteiger partial charge is 0.475 e. The van der Waals surface area contributed by atoms with Crippen molar-refractivity contribution in [3.63, 3.8) is 0 Å². The van der Waals surface area contributed by atoms with Gasteiger partial charge < -0.3 is 14.4 Å². The first-order chi connectivity index (χ1) is 18.4. The fourth-order valence-corrected chi connectivity index (χ4v) is 6.57. The Morgan fingerprint density at radius 2 is 1.97 bits per heavy atom. The first-order valence-electron chi connectivity index (χ1n) is 13.1. The van der Waals surface area contributed by atoms with Gasteiger partial charge in [-0.2, -0.15) is 10.4 Å². The van der Waals surface area contributed by atoms with Gasteiger partial charge in [0.15, 0.2) is 0 Å². The summed E-state index contributed by atoms with van der Waals surface area (Å²) >= 11 is 0. The first kappa shape index (κ1) is 26.3. The highest BCUT2D eigenvalue weighted by atomic mass is 32.2. The third-order valence-electron chi connectivity index (χ3n) is 6.74. The lowest BCUT2D eigenvalue weighted by molar-refractivity contribution is 0.0320. The highest BCUT2D eigenvalue weighted by molar-refractivity contribution is 7.93. The molecule has 38 heavy (non-hydrogen) atoms. The fourth-order valence-electron chi connectivity index (χ4n) is 4.53. The number of nitriles is 1. The maximum absolute atomic E-state index is 13.0. The molecule has 2 saturated heterocycles. The average molecular weight is 539 g/mol. The van der Waals surface area contributed by atoms with Crippen molar-refractivity contribution < 1.29 is 13.7 Å². The number of rotatable bonds is 8. The summed E-state index contributed by atoms with van der Waals surface area (Å²) < 4.78 is 30.6. The molecule has 0 aliphatic carbocycles. The highest BCUT2D eigenvalue weighted by Crippen LogP contribution is 2.28. The molecule has 2 aliphatic heterocycles. The van der Waals surface area contributed by atoms with Crippen molar-refractivity contribution in [2.75, 3.05) is 75.5 Å². The van der Waals surface area contributed by atoms with Gasteiger partial charge in [0, 0.05) is 56.0 Å². The normalized spacial score (nSPS) is 18.0. The Morgan fingerprint density at radius 3 is 2.66 bits per heavy atom. The molecule has 3 aromatic heterocycles. The molecule has 12 heteroatoms. The first-order valence-corrected chi connectivity index (χ1v) is 14.9. The van der Waals surface area contributed by atoms with E-state index in [1.165, 1.54) is 6.20 Å². The molecular formula is C26H34N8O3S. The van der Waals surface area contributed by atoms with Gasteiger partial charge in [-0.15, -0.1) is 0 Å². The highest BCUT2D eigenvalue weighted by Gasteiger charge is 2.22. The Balaban J connectivity index is 1.33. The van der Waals surface area contributed by atoms with Gasteiger partial charge in [-0.25, -0.2) is 23.1 Å². The molecule has 0 saturated carbocycles. The molecule has 0 amide bonds. The molecule has 202 valence electrons. The van der Waals surface area contributed by atoms with Crippen molar-refractivity contribution in [3.05, 3.63) is 36.3 Å². The van der Waals surface area contributed by atoms with E-state index in [1.807, 2.05) is 12.1 Å². The van der Waals surface area contributed by atoms with Gasteiger partial charge in [0.25, 0.3) is 0 Å². The van der Waals surface area contributed by atoms with Gasteiger partial charge in [0.2, 0.25) is 5.88 Å². The maximum Gasteiger partial charge on any atom is 0.233 e. The Morgan fingerprint density at radius 1 is 1.18 bits per heavy atom. The summed E-state index contributed by atoms with van der Waals surface area (Å²) in [5.74, 6) is 2.77. The predicted molar refractivity (Wildman–Crippen MR) is 146 cm³/mol. The molecule has 0 radical (unpaired) electrons. The van der Waals surface area contributed by atoms with Crippen LogP contribution < -0.4 is 9.64 Å². The van der Waals surface area contributed by atoms with Crippen LogP contribution >= 0.6 is 0 Å². The standard InChI is InChI=1S/C26H34N8O3S/c1-20(2)16-30-38(35)13-8-33(9-14-38)23-4-3-21(17-28-23)25-26-22(15-27)18-29-34(26)19-24(31-25)37-12-7-32-5-10-36-11-6-32/h3-4,17-20H,5-14,16H2,1-2H3. The molecule has 11 nitrogen and oxygen atoms in total. The zero-order chi connectivity index (χ0) is 26.5. The molecule has 0 spiro atoms. The topological polar surface area (TPSA) is 121 Å². The zero-order valence-electron chi connectivity index (χ0n) is 22.0. The van der Waals surface area contributed by atoms with Crippen molar-refractivity contribution in [3.8, 4) is 23.2 Å². The molecule has 0 N–H and O–H groups in total. The number of fused-ring (bicyclic) bond motifs is 1. The Kier molecular flexibility index (Phi) is 8.06. The van der Waals surface area contributed by atoms with Crippen LogP contribution in [0.25, 0.3) is 16.8 Å². The Bertz CT molecular complexity index is 1400. The molecule has 0 unspecified atom stereocenters. The lowest BCUT2D eigenvalue weighted by atomic mass is 10.1. The number of anilines is 1. The Labute approximate surface area is 223 Å². The smallest absolute Gasteiger partial charge is 0.233 e. The van der Waals surface area contributed by atoms with Gasteiger partial charge in [-0.3, -0.25) is 4.90 Å². The van der Waals surface area contributed by atoms with Crippen LogP contribution in [0.1, 0.15) is 19.4 Å². The van der Waals surface area contributed by atoms with E-state index < -0.39 is 9.73 Å². The van der Waals surface area contributed by atoms with Gasteiger partial charge >= 0.3 is 0 Å². The molecule has 5 rings (SSSR count). The van der Waals surface area contributed by atoms with E-state index in [0.29, 0.717) is 66.3 Å². The van der Waals surface area contributed by atoms with Crippen molar-refractivity contribution in [1.82, 2.24) is 24.5 Å². The number of hydrogen-bond donors (Lipinski definition) is 0. The van der Waals surface area contributed by atoms with E-state index >= 15 is 0 Å². The van der Waals surface area contributed by atoms with Crippen LogP contribution in [0.3, 0.4) is 0 Å². The van der Waals surface area contributed by atoms with Gasteiger partial charge in [-0.05, 0) is 18.1 Å². The minimum Gasteiger partial charge on any atom is -0.475 e. The molecule has 2 aliphatic rings. The van der Waals surface area contributed by atoms with Crippen LogP contribution in [0.5, 0.6) is 5.88 Å². The summed E-state index contributed by atoms with van der Waals surface area (Å²) in [6, 6.07) is 6.10. The summed E-state index contributed by atoms with van der Waals surface area (Å²) in [4.78, 5) is 13.9. The number of ether oxygens (including phenoxy) is 2.